The molecule has 0 aromatic heterocycles. The number of allylic oxidation sites excluding steroid dienone is 1. The molecule has 1 heterocycles. The quantitative estimate of drug-likeness (QED) is 0.327. The van der Waals surface area contributed by atoms with E-state index in [1.165, 1.54) is 0 Å². The first-order chi connectivity index (χ1) is 16.9. The van der Waals surface area contributed by atoms with Gasteiger partial charge in [0.15, 0.2) is 6.10 Å². The van der Waals surface area contributed by atoms with Crippen molar-refractivity contribution >= 4 is 11.8 Å². The van der Waals surface area contributed by atoms with Gasteiger partial charge in [0, 0.05) is 29.7 Å². The topological polar surface area (TPSA) is 125 Å². The van der Waals surface area contributed by atoms with Crippen LogP contribution in [0.1, 0.15) is 75.2 Å². The number of carbonyl (C=O) groups excluding carboxylic acids is 2. The van der Waals surface area contributed by atoms with Crippen LogP contribution in [0, 0.1) is 34.5 Å². The number of Topliss-reactive ketones (excluding diaryl/α,β-unsaturated/α-hetero) is 1. The fourth-order valence-corrected chi connectivity index (χ4v) is 7.62. The number of rotatable bonds is 4. The van der Waals surface area contributed by atoms with Crippen molar-refractivity contribution in [1.82, 2.24) is 5.32 Å². The molecule has 2 aliphatic carbocycles. The maximum Gasteiger partial charge on any atom is 0.337 e. The molecule has 4 N–H and O–H groups in total. The molecule has 8 heteroatoms. The van der Waals surface area contributed by atoms with Crippen molar-refractivity contribution < 1.29 is 34.4 Å². The summed E-state index contributed by atoms with van der Waals surface area (Å²) in [5, 5.41) is 36.7. The Morgan fingerprint density at radius 3 is 2.30 bits per heavy atom. The Hall–Kier alpha value is -1.32. The molecule has 8 nitrogen and oxygen atoms in total. The maximum absolute atomic E-state index is 14.5. The zero-order valence-corrected chi connectivity index (χ0v) is 24.3. The van der Waals surface area contributed by atoms with E-state index in [0.29, 0.717) is 6.42 Å². The van der Waals surface area contributed by atoms with E-state index in [-0.39, 0.29) is 30.8 Å². The highest BCUT2D eigenvalue weighted by molar-refractivity contribution is 5.90. The van der Waals surface area contributed by atoms with Crippen LogP contribution >= 0.6 is 0 Å². The van der Waals surface area contributed by atoms with Gasteiger partial charge in [-0.1, -0.05) is 54.0 Å². The average Bonchev–Trinajstić information content (AvgIpc) is 2.81. The SMILES string of the molecule is CNC(C)C(O)C(=O)OC1CC(O)C(C)C2[C@]3(O)COC3C[C@H](C)[C@@]2(C)C(=O)[C@H](C)C(C(C)(C)C)=C1C. The van der Waals surface area contributed by atoms with Gasteiger partial charge in [-0.05, 0) is 50.1 Å². The van der Waals surface area contributed by atoms with E-state index in [1.807, 2.05) is 55.4 Å². The predicted octanol–water partition coefficient (Wildman–Crippen LogP) is 2.63. The van der Waals surface area contributed by atoms with Crippen LogP contribution in [0.15, 0.2) is 11.1 Å². The van der Waals surface area contributed by atoms with Crippen LogP contribution in [-0.4, -0.2) is 76.8 Å². The normalized spacial score (nSPS) is 42.7. The number of esters is 1. The molecule has 1 saturated heterocycles. The van der Waals surface area contributed by atoms with E-state index in [4.69, 9.17) is 9.47 Å². The van der Waals surface area contributed by atoms with E-state index in [0.717, 1.165) is 11.1 Å². The number of fused-ring (bicyclic) bond motifs is 3. The summed E-state index contributed by atoms with van der Waals surface area (Å²) in [5.41, 5.74) is -0.931. The van der Waals surface area contributed by atoms with Gasteiger partial charge in [0.2, 0.25) is 0 Å². The number of hydrogen-bond donors (Lipinski definition) is 4. The second-order valence-electron chi connectivity index (χ2n) is 13.2. The van der Waals surface area contributed by atoms with E-state index in [1.54, 1.807) is 14.0 Å². The fourth-order valence-electron chi connectivity index (χ4n) is 7.62. The van der Waals surface area contributed by atoms with Crippen molar-refractivity contribution in [1.29, 1.82) is 0 Å². The minimum atomic E-state index is -1.38. The summed E-state index contributed by atoms with van der Waals surface area (Å²) in [6.45, 7) is 17.6. The van der Waals surface area contributed by atoms with E-state index in [2.05, 4.69) is 5.32 Å². The van der Waals surface area contributed by atoms with Crippen LogP contribution in [0.3, 0.4) is 0 Å². The number of nitrogens with one attached hydrogen (secondary N) is 1. The van der Waals surface area contributed by atoms with Gasteiger partial charge >= 0.3 is 5.97 Å². The predicted molar refractivity (Wildman–Crippen MR) is 141 cm³/mol. The summed E-state index contributed by atoms with van der Waals surface area (Å²) in [6.07, 6.45) is -2.86. The van der Waals surface area contributed by atoms with E-state index in [9.17, 15) is 24.9 Å². The first kappa shape index (κ1) is 30.2. The van der Waals surface area contributed by atoms with Crippen LogP contribution < -0.4 is 5.32 Å². The van der Waals surface area contributed by atoms with Crippen LogP contribution in [0.5, 0.6) is 0 Å². The summed E-state index contributed by atoms with van der Waals surface area (Å²) in [4.78, 5) is 27.5. The molecular formula is C29H49NO7. The molecule has 1 saturated carbocycles. The molecule has 0 bridgehead atoms. The van der Waals surface area contributed by atoms with Gasteiger partial charge in [-0.25, -0.2) is 4.79 Å². The first-order valence-corrected chi connectivity index (χ1v) is 13.8. The average molecular weight is 524 g/mol. The van der Waals surface area contributed by atoms with Crippen LogP contribution in [0.2, 0.25) is 0 Å². The number of hydrogen-bond acceptors (Lipinski definition) is 8. The molecule has 37 heavy (non-hydrogen) atoms. The molecule has 0 spiro atoms. The largest absolute Gasteiger partial charge is 0.456 e. The Labute approximate surface area is 222 Å². The third kappa shape index (κ3) is 4.93. The summed E-state index contributed by atoms with van der Waals surface area (Å²) < 4.78 is 11.6. The molecule has 0 aromatic rings. The second kappa shape index (κ2) is 10.3. The molecule has 0 radical (unpaired) electrons. The van der Waals surface area contributed by atoms with Crippen molar-refractivity contribution in [3.8, 4) is 0 Å². The molecule has 7 unspecified atom stereocenters. The Balaban J connectivity index is 2.18. The molecule has 0 aromatic carbocycles. The zero-order valence-electron chi connectivity index (χ0n) is 24.3. The highest BCUT2D eigenvalue weighted by Gasteiger charge is 2.68. The van der Waals surface area contributed by atoms with Gasteiger partial charge in [0.1, 0.15) is 17.5 Å². The molecule has 2 fully saturated rings. The zero-order chi connectivity index (χ0) is 28.2. The monoisotopic (exact) mass is 523 g/mol. The molecule has 11 atom stereocenters. The van der Waals surface area contributed by atoms with Crippen molar-refractivity contribution in [3.63, 3.8) is 0 Å². The van der Waals surface area contributed by atoms with Crippen LogP contribution in [0.25, 0.3) is 0 Å². The number of aliphatic hydroxyl groups is 3. The lowest BCUT2D eigenvalue weighted by atomic mass is 9.47. The first-order valence-electron chi connectivity index (χ1n) is 13.8. The lowest BCUT2D eigenvalue weighted by Crippen LogP contribution is -2.74. The Morgan fingerprint density at radius 2 is 1.81 bits per heavy atom. The van der Waals surface area contributed by atoms with Crippen molar-refractivity contribution in [3.05, 3.63) is 11.1 Å². The van der Waals surface area contributed by atoms with Crippen molar-refractivity contribution in [2.75, 3.05) is 13.7 Å². The number of ketones is 1. The van der Waals surface area contributed by atoms with Crippen molar-refractivity contribution in [2.24, 2.45) is 34.5 Å². The van der Waals surface area contributed by atoms with Gasteiger partial charge < -0.3 is 30.1 Å². The second-order valence-corrected chi connectivity index (χ2v) is 13.2. The maximum atomic E-state index is 14.5. The lowest BCUT2D eigenvalue weighted by Gasteiger charge is -2.64. The van der Waals surface area contributed by atoms with Gasteiger partial charge in [-0.3, -0.25) is 4.79 Å². The third-order valence-electron chi connectivity index (χ3n) is 9.94. The smallest absolute Gasteiger partial charge is 0.337 e. The minimum Gasteiger partial charge on any atom is -0.456 e. The Bertz CT molecular complexity index is 926. The number of likely N-dealkylation sites (N-methyl/N-ethyl adjacent to an activating group) is 1. The fraction of sp³-hybridized carbons (Fsp3) is 0.862. The Morgan fingerprint density at radius 1 is 1.22 bits per heavy atom. The summed E-state index contributed by atoms with van der Waals surface area (Å²) in [6, 6.07) is -0.517. The number of ether oxygens (including phenoxy) is 2. The molecule has 1 aliphatic heterocycles. The van der Waals surface area contributed by atoms with Gasteiger partial charge in [-0.2, -0.15) is 0 Å². The Kier molecular flexibility index (Phi) is 8.45. The van der Waals surface area contributed by atoms with Crippen LogP contribution in [0.4, 0.5) is 0 Å². The number of aliphatic hydroxyl groups excluding tert-OH is 2. The lowest BCUT2D eigenvalue weighted by molar-refractivity contribution is -0.318. The number of carbonyl (C=O) groups is 2. The summed E-state index contributed by atoms with van der Waals surface area (Å²) in [7, 11) is 1.65. The molecule has 3 rings (SSSR count). The van der Waals surface area contributed by atoms with Crippen molar-refractivity contribution in [2.45, 2.75) is 111 Å². The summed E-state index contributed by atoms with van der Waals surface area (Å²) >= 11 is 0. The summed E-state index contributed by atoms with van der Waals surface area (Å²) in [5.74, 6) is -2.30. The van der Waals surface area contributed by atoms with E-state index < -0.39 is 64.5 Å². The molecular weight excluding hydrogens is 474 g/mol. The molecule has 3 aliphatic rings. The van der Waals surface area contributed by atoms with Crippen LogP contribution in [-0.2, 0) is 19.1 Å². The standard InChI is InChI=1S/C29H49NO7/c1-14-11-21-29(35,13-36-21)24-15(2)19(31)12-20(37-26(34)23(32)18(5)30-10)16(3)22(27(6,7)8)17(4)25(33)28(14,24)9/h14-15,17-21,23-24,30-32,35H,11-13H2,1-10H3/t14-,15?,17+,18?,19?,20?,21?,23?,24?,28+,29-/m0/s1. The van der Waals surface area contributed by atoms with Gasteiger partial charge in [0.05, 0.1) is 18.8 Å². The molecule has 212 valence electrons. The highest BCUT2D eigenvalue weighted by atomic mass is 16.6. The third-order valence-corrected chi connectivity index (χ3v) is 9.94. The van der Waals surface area contributed by atoms with Gasteiger partial charge in [-0.15, -0.1) is 0 Å². The van der Waals surface area contributed by atoms with E-state index >= 15 is 0 Å². The minimum absolute atomic E-state index is 0.0305. The highest BCUT2D eigenvalue weighted by Crippen LogP contribution is 2.60. The van der Waals surface area contributed by atoms with Gasteiger partial charge in [0.25, 0.3) is 0 Å². The molecule has 0 amide bonds.